The van der Waals surface area contributed by atoms with Gasteiger partial charge in [-0.15, -0.1) is 0 Å². The third-order valence-corrected chi connectivity index (χ3v) is 4.74. The van der Waals surface area contributed by atoms with Crippen LogP contribution < -0.4 is 5.32 Å². The molecule has 0 amide bonds. The van der Waals surface area contributed by atoms with Crippen LogP contribution in [0.1, 0.15) is 20.3 Å². The van der Waals surface area contributed by atoms with Crippen LogP contribution in [0.15, 0.2) is 4.99 Å². The van der Waals surface area contributed by atoms with E-state index in [1.807, 2.05) is 18.8 Å². The second-order valence-corrected chi connectivity index (χ2v) is 7.64. The second kappa shape index (κ2) is 7.41. The molecule has 0 radical (unpaired) electrons. The molecule has 0 unspecified atom stereocenters. The maximum atomic E-state index is 4.39. The van der Waals surface area contributed by atoms with Crippen molar-refractivity contribution >= 4 is 29.5 Å². The molecule has 0 aromatic rings. The minimum absolute atomic E-state index is 0.342. The molecule has 0 aromatic heterocycles. The lowest BCUT2D eigenvalue weighted by Crippen LogP contribution is -2.51. The predicted molar refractivity (Wildman–Crippen MR) is 82.5 cm³/mol. The minimum Gasteiger partial charge on any atom is -0.356 e. The van der Waals surface area contributed by atoms with Gasteiger partial charge in [0.05, 0.1) is 0 Å². The summed E-state index contributed by atoms with van der Waals surface area (Å²) in [6.07, 6.45) is 3.35. The highest BCUT2D eigenvalue weighted by Gasteiger charge is 2.28. The van der Waals surface area contributed by atoms with Gasteiger partial charge >= 0.3 is 0 Å². The number of hydrogen-bond acceptors (Lipinski definition) is 3. The number of rotatable bonds is 4. The van der Waals surface area contributed by atoms with Crippen molar-refractivity contribution in [2.75, 3.05) is 44.4 Å². The van der Waals surface area contributed by atoms with Gasteiger partial charge in [0.25, 0.3) is 0 Å². The molecule has 17 heavy (non-hydrogen) atoms. The number of guanidine groups is 1. The van der Waals surface area contributed by atoms with Crippen molar-refractivity contribution in [3.05, 3.63) is 0 Å². The van der Waals surface area contributed by atoms with Crippen molar-refractivity contribution < 1.29 is 0 Å². The number of hydrogen-bond donors (Lipinski definition) is 1. The summed E-state index contributed by atoms with van der Waals surface area (Å²) in [6.45, 7) is 7.84. The molecule has 1 N–H and O–H groups in total. The lowest BCUT2D eigenvalue weighted by Gasteiger charge is -2.39. The van der Waals surface area contributed by atoms with Gasteiger partial charge in [-0.25, -0.2) is 0 Å². The minimum atomic E-state index is 0.342. The molecule has 0 atom stereocenters. The van der Waals surface area contributed by atoms with Crippen LogP contribution >= 0.6 is 23.5 Å². The average molecular weight is 275 g/mol. The van der Waals surface area contributed by atoms with Gasteiger partial charge in [0.2, 0.25) is 0 Å². The normalized spacial score (nSPS) is 20.5. The summed E-state index contributed by atoms with van der Waals surface area (Å²) in [6, 6.07) is 0. The van der Waals surface area contributed by atoms with Gasteiger partial charge in [-0.3, -0.25) is 4.99 Å². The Morgan fingerprint density at radius 3 is 2.88 bits per heavy atom. The fourth-order valence-corrected chi connectivity index (χ4v) is 3.49. The summed E-state index contributed by atoms with van der Waals surface area (Å²) in [5.74, 6) is 3.48. The summed E-state index contributed by atoms with van der Waals surface area (Å²) in [5.41, 5.74) is 0. The van der Waals surface area contributed by atoms with Crippen LogP contribution in [0.4, 0.5) is 0 Å². The molecule has 1 rings (SSSR count). The maximum absolute atomic E-state index is 4.39. The standard InChI is InChI=1S/C12H25N3S2/c1-12(2)10-15(7-9-17-12)11(13-3)14-6-5-8-16-4/h5-10H2,1-4H3,(H,13,14). The van der Waals surface area contributed by atoms with Gasteiger partial charge in [-0.05, 0) is 32.3 Å². The molecule has 0 bridgehead atoms. The van der Waals surface area contributed by atoms with Gasteiger partial charge in [0, 0.05) is 37.2 Å². The highest BCUT2D eigenvalue weighted by atomic mass is 32.2. The first-order valence-electron chi connectivity index (χ1n) is 6.17. The Labute approximate surface area is 114 Å². The largest absolute Gasteiger partial charge is 0.356 e. The molecule has 0 saturated carbocycles. The predicted octanol–water partition coefficient (Wildman–Crippen LogP) is 2.14. The summed E-state index contributed by atoms with van der Waals surface area (Å²) in [4.78, 5) is 6.77. The summed E-state index contributed by atoms with van der Waals surface area (Å²) in [7, 11) is 1.88. The molecule has 3 nitrogen and oxygen atoms in total. The quantitative estimate of drug-likeness (QED) is 0.483. The summed E-state index contributed by atoms with van der Waals surface area (Å²) < 4.78 is 0.342. The maximum Gasteiger partial charge on any atom is 0.193 e. The van der Waals surface area contributed by atoms with E-state index in [2.05, 4.69) is 47.1 Å². The lowest BCUT2D eigenvalue weighted by molar-refractivity contribution is 0.376. The van der Waals surface area contributed by atoms with Gasteiger partial charge in [0.1, 0.15) is 0 Å². The van der Waals surface area contributed by atoms with Crippen LogP contribution in [0.25, 0.3) is 0 Å². The van der Waals surface area contributed by atoms with E-state index in [-0.39, 0.29) is 0 Å². The molecule has 5 heteroatoms. The first-order valence-corrected chi connectivity index (χ1v) is 8.55. The van der Waals surface area contributed by atoms with E-state index < -0.39 is 0 Å². The van der Waals surface area contributed by atoms with E-state index in [9.17, 15) is 0 Å². The average Bonchev–Trinajstić information content (AvgIpc) is 2.28. The molecule has 1 saturated heterocycles. The fraction of sp³-hybridized carbons (Fsp3) is 0.917. The van der Waals surface area contributed by atoms with Crippen molar-refractivity contribution in [1.29, 1.82) is 0 Å². The monoisotopic (exact) mass is 275 g/mol. The summed E-state index contributed by atoms with van der Waals surface area (Å²) >= 11 is 3.96. The topological polar surface area (TPSA) is 27.6 Å². The van der Waals surface area contributed by atoms with Crippen LogP contribution in [0, 0.1) is 0 Å². The van der Waals surface area contributed by atoms with Gasteiger partial charge in [-0.2, -0.15) is 23.5 Å². The molecule has 100 valence electrons. The molecule has 0 spiro atoms. The summed E-state index contributed by atoms with van der Waals surface area (Å²) in [5, 5.41) is 3.47. The fourth-order valence-electron chi connectivity index (χ4n) is 1.95. The lowest BCUT2D eigenvalue weighted by atomic mass is 10.2. The molecule has 0 aromatic carbocycles. The number of nitrogens with zero attached hydrogens (tertiary/aromatic N) is 2. The highest BCUT2D eigenvalue weighted by Crippen LogP contribution is 2.29. The molecule has 0 aliphatic carbocycles. The van der Waals surface area contributed by atoms with Crippen molar-refractivity contribution in [3.63, 3.8) is 0 Å². The van der Waals surface area contributed by atoms with Crippen molar-refractivity contribution in [2.45, 2.75) is 25.0 Å². The van der Waals surface area contributed by atoms with E-state index in [1.165, 1.54) is 17.9 Å². The zero-order valence-corrected chi connectivity index (χ0v) is 13.1. The SMILES string of the molecule is CN=C(NCCCSC)N1CCSC(C)(C)C1. The zero-order chi connectivity index (χ0) is 12.7. The van der Waals surface area contributed by atoms with Gasteiger partial charge in [0.15, 0.2) is 5.96 Å². The molecular formula is C12H25N3S2. The van der Waals surface area contributed by atoms with Crippen LogP contribution in [0.5, 0.6) is 0 Å². The Morgan fingerprint density at radius 1 is 1.53 bits per heavy atom. The third-order valence-electron chi connectivity index (χ3n) is 2.75. The van der Waals surface area contributed by atoms with Crippen LogP contribution in [0.3, 0.4) is 0 Å². The first kappa shape index (κ1) is 15.0. The second-order valence-electron chi connectivity index (χ2n) is 4.85. The van der Waals surface area contributed by atoms with Gasteiger partial charge < -0.3 is 10.2 Å². The Hall–Kier alpha value is -0.0300. The van der Waals surface area contributed by atoms with Crippen LogP contribution in [-0.4, -0.2) is 60.0 Å². The highest BCUT2D eigenvalue weighted by molar-refractivity contribution is 8.00. The molecule has 1 fully saturated rings. The molecule has 1 aliphatic heterocycles. The number of thioether (sulfide) groups is 2. The Kier molecular flexibility index (Phi) is 6.55. The van der Waals surface area contributed by atoms with E-state index in [0.717, 1.165) is 25.6 Å². The van der Waals surface area contributed by atoms with Crippen molar-refractivity contribution in [1.82, 2.24) is 10.2 Å². The Balaban J connectivity index is 2.39. The number of aliphatic imine (C=N–C) groups is 1. The van der Waals surface area contributed by atoms with Crippen molar-refractivity contribution in [2.24, 2.45) is 4.99 Å². The zero-order valence-electron chi connectivity index (χ0n) is 11.5. The molecule has 1 aliphatic rings. The van der Waals surface area contributed by atoms with E-state index >= 15 is 0 Å². The molecular weight excluding hydrogens is 250 g/mol. The third kappa shape index (κ3) is 5.42. The van der Waals surface area contributed by atoms with Gasteiger partial charge in [-0.1, -0.05) is 0 Å². The van der Waals surface area contributed by atoms with E-state index in [0.29, 0.717) is 4.75 Å². The van der Waals surface area contributed by atoms with Crippen LogP contribution in [-0.2, 0) is 0 Å². The van der Waals surface area contributed by atoms with E-state index in [4.69, 9.17) is 0 Å². The molecule has 1 heterocycles. The first-order chi connectivity index (χ1) is 8.09. The van der Waals surface area contributed by atoms with E-state index in [1.54, 1.807) is 0 Å². The van der Waals surface area contributed by atoms with Crippen LogP contribution in [0.2, 0.25) is 0 Å². The number of nitrogens with one attached hydrogen (secondary N) is 1. The smallest absolute Gasteiger partial charge is 0.193 e. The Bertz CT molecular complexity index is 254. The Morgan fingerprint density at radius 2 is 2.29 bits per heavy atom. The van der Waals surface area contributed by atoms with Crippen molar-refractivity contribution in [3.8, 4) is 0 Å².